The molecule has 0 amide bonds. The maximum atomic E-state index is 13.1. The number of carbonyl (C=O) groups excluding carboxylic acids is 1. The van der Waals surface area contributed by atoms with Crippen molar-refractivity contribution in [2.75, 3.05) is 6.61 Å². The minimum Gasteiger partial charge on any atom is -0.465 e. The van der Waals surface area contributed by atoms with E-state index in [1.165, 1.54) is 28.8 Å². The summed E-state index contributed by atoms with van der Waals surface area (Å²) in [5, 5.41) is 0. The predicted molar refractivity (Wildman–Crippen MR) is 88.0 cm³/mol. The number of halogens is 1. The monoisotopic (exact) mass is 326 g/mol. The van der Waals surface area contributed by atoms with E-state index in [-0.39, 0.29) is 18.8 Å². The van der Waals surface area contributed by atoms with E-state index < -0.39 is 17.3 Å². The predicted octanol–water partition coefficient (Wildman–Crippen LogP) is 2.77. The lowest BCUT2D eigenvalue weighted by Crippen LogP contribution is -2.28. The van der Waals surface area contributed by atoms with Crippen molar-refractivity contribution in [2.45, 2.75) is 13.5 Å². The quantitative estimate of drug-likeness (QED) is 0.692. The Kier molecular flexibility index (Phi) is 4.37. The van der Waals surface area contributed by atoms with Gasteiger partial charge in [-0.3, -0.25) is 14.2 Å². The summed E-state index contributed by atoms with van der Waals surface area (Å²) in [4.78, 5) is 29.0. The Morgan fingerprint density at radius 2 is 1.88 bits per heavy atom. The highest BCUT2D eigenvalue weighted by Gasteiger charge is 2.15. The summed E-state index contributed by atoms with van der Waals surface area (Å²) in [6.45, 7) is 1.74. The number of aromatic nitrogens is 2. The van der Waals surface area contributed by atoms with Crippen LogP contribution in [0, 0.1) is 5.82 Å². The number of fused-ring (bicyclic) bond motifs is 1. The number of para-hydroxylation sites is 2. The Morgan fingerprint density at radius 1 is 1.17 bits per heavy atom. The highest BCUT2D eigenvalue weighted by molar-refractivity contribution is 5.80. The molecule has 0 bridgehead atoms. The van der Waals surface area contributed by atoms with Crippen molar-refractivity contribution in [3.8, 4) is 11.3 Å². The van der Waals surface area contributed by atoms with Crippen LogP contribution in [0.5, 0.6) is 0 Å². The fourth-order valence-electron chi connectivity index (χ4n) is 2.48. The Hall–Kier alpha value is -3.02. The topological polar surface area (TPSA) is 61.2 Å². The van der Waals surface area contributed by atoms with Gasteiger partial charge >= 0.3 is 5.97 Å². The van der Waals surface area contributed by atoms with Crippen LogP contribution in [-0.4, -0.2) is 22.1 Å². The van der Waals surface area contributed by atoms with E-state index in [1.807, 2.05) is 0 Å². The molecule has 0 radical (unpaired) electrons. The van der Waals surface area contributed by atoms with Crippen LogP contribution >= 0.6 is 0 Å². The molecule has 0 aliphatic carbocycles. The van der Waals surface area contributed by atoms with Crippen LogP contribution in [0.4, 0.5) is 4.39 Å². The lowest BCUT2D eigenvalue weighted by atomic mass is 10.1. The summed E-state index contributed by atoms with van der Waals surface area (Å²) < 4.78 is 19.4. The molecule has 0 aliphatic rings. The molecule has 0 saturated carbocycles. The van der Waals surface area contributed by atoms with Crippen LogP contribution in [0.2, 0.25) is 0 Å². The van der Waals surface area contributed by atoms with Gasteiger partial charge in [0, 0.05) is 5.56 Å². The van der Waals surface area contributed by atoms with Crippen LogP contribution < -0.4 is 5.56 Å². The van der Waals surface area contributed by atoms with Crippen LogP contribution in [-0.2, 0) is 16.1 Å². The van der Waals surface area contributed by atoms with E-state index in [9.17, 15) is 14.0 Å². The highest BCUT2D eigenvalue weighted by atomic mass is 19.1. The smallest absolute Gasteiger partial charge is 0.326 e. The maximum Gasteiger partial charge on any atom is 0.326 e. The van der Waals surface area contributed by atoms with Crippen molar-refractivity contribution in [2.24, 2.45) is 0 Å². The molecular formula is C18H15FN2O3. The molecule has 0 unspecified atom stereocenters. The van der Waals surface area contributed by atoms with E-state index >= 15 is 0 Å². The van der Waals surface area contributed by atoms with Gasteiger partial charge in [-0.25, -0.2) is 9.37 Å². The Morgan fingerprint density at radius 3 is 2.58 bits per heavy atom. The molecule has 1 heterocycles. The number of carbonyl (C=O) groups is 1. The van der Waals surface area contributed by atoms with Gasteiger partial charge in [-0.1, -0.05) is 12.1 Å². The lowest BCUT2D eigenvalue weighted by molar-refractivity contribution is -0.143. The standard InChI is InChI=1S/C18H15FN2O3/c1-2-24-16(22)11-21-15-6-4-3-5-14(15)20-17(18(21)23)12-7-9-13(19)10-8-12/h3-10H,2,11H2,1H3. The number of ether oxygens (including phenoxy) is 1. The molecule has 122 valence electrons. The van der Waals surface area contributed by atoms with Crippen LogP contribution in [0.15, 0.2) is 53.3 Å². The van der Waals surface area contributed by atoms with Gasteiger partial charge < -0.3 is 4.74 Å². The Labute approximate surface area is 137 Å². The van der Waals surface area contributed by atoms with E-state index in [0.29, 0.717) is 16.6 Å². The van der Waals surface area contributed by atoms with Crippen molar-refractivity contribution in [3.05, 3.63) is 64.7 Å². The average Bonchev–Trinajstić information content (AvgIpc) is 2.58. The molecule has 0 spiro atoms. The largest absolute Gasteiger partial charge is 0.465 e. The number of nitrogens with zero attached hydrogens (tertiary/aromatic N) is 2. The first kappa shape index (κ1) is 15.9. The average molecular weight is 326 g/mol. The number of benzene rings is 2. The number of esters is 1. The van der Waals surface area contributed by atoms with Crippen LogP contribution in [0.1, 0.15) is 6.92 Å². The Bertz CT molecular complexity index is 949. The van der Waals surface area contributed by atoms with Gasteiger partial charge in [-0.15, -0.1) is 0 Å². The third-order valence-electron chi connectivity index (χ3n) is 3.56. The fourth-order valence-corrected chi connectivity index (χ4v) is 2.48. The van der Waals surface area contributed by atoms with E-state index in [0.717, 1.165) is 0 Å². The number of hydrogen-bond donors (Lipinski definition) is 0. The minimum absolute atomic E-state index is 0.165. The van der Waals surface area contributed by atoms with Gasteiger partial charge in [0.15, 0.2) is 0 Å². The number of hydrogen-bond acceptors (Lipinski definition) is 4. The first-order valence-corrected chi connectivity index (χ1v) is 7.51. The summed E-state index contributed by atoms with van der Waals surface area (Å²) in [5.41, 5.74) is 1.35. The summed E-state index contributed by atoms with van der Waals surface area (Å²) in [5.74, 6) is -0.896. The van der Waals surface area contributed by atoms with Crippen molar-refractivity contribution < 1.29 is 13.9 Å². The van der Waals surface area contributed by atoms with Gasteiger partial charge in [0.1, 0.15) is 18.1 Å². The molecular weight excluding hydrogens is 311 g/mol. The first-order chi connectivity index (χ1) is 11.6. The zero-order chi connectivity index (χ0) is 17.1. The summed E-state index contributed by atoms with van der Waals surface area (Å²) >= 11 is 0. The molecule has 0 atom stereocenters. The van der Waals surface area contributed by atoms with E-state index in [1.54, 1.807) is 31.2 Å². The normalized spacial score (nSPS) is 10.8. The molecule has 3 rings (SSSR count). The summed E-state index contributed by atoms with van der Waals surface area (Å²) in [7, 11) is 0. The third kappa shape index (κ3) is 3.03. The molecule has 0 aliphatic heterocycles. The molecule has 5 nitrogen and oxygen atoms in total. The second-order valence-corrected chi connectivity index (χ2v) is 5.15. The minimum atomic E-state index is -0.499. The van der Waals surface area contributed by atoms with Gasteiger partial charge in [0.05, 0.1) is 17.6 Å². The van der Waals surface area contributed by atoms with Crippen molar-refractivity contribution in [3.63, 3.8) is 0 Å². The molecule has 0 fully saturated rings. The second-order valence-electron chi connectivity index (χ2n) is 5.15. The second kappa shape index (κ2) is 6.62. The molecule has 3 aromatic rings. The van der Waals surface area contributed by atoms with Gasteiger partial charge in [-0.05, 0) is 43.3 Å². The lowest BCUT2D eigenvalue weighted by Gasteiger charge is -2.11. The van der Waals surface area contributed by atoms with Crippen LogP contribution in [0.3, 0.4) is 0 Å². The number of rotatable bonds is 4. The molecule has 6 heteroatoms. The SMILES string of the molecule is CCOC(=O)Cn1c(=O)c(-c2ccc(F)cc2)nc2ccccc21. The van der Waals surface area contributed by atoms with E-state index in [2.05, 4.69) is 4.98 Å². The van der Waals surface area contributed by atoms with Gasteiger partial charge in [0.25, 0.3) is 5.56 Å². The molecule has 1 aromatic heterocycles. The van der Waals surface area contributed by atoms with Crippen molar-refractivity contribution >= 4 is 17.0 Å². The zero-order valence-corrected chi connectivity index (χ0v) is 13.0. The highest BCUT2D eigenvalue weighted by Crippen LogP contribution is 2.18. The van der Waals surface area contributed by atoms with E-state index in [4.69, 9.17) is 4.74 Å². The van der Waals surface area contributed by atoms with Gasteiger partial charge in [0.2, 0.25) is 0 Å². The van der Waals surface area contributed by atoms with Crippen molar-refractivity contribution in [1.29, 1.82) is 0 Å². The molecule has 24 heavy (non-hydrogen) atoms. The summed E-state index contributed by atoms with van der Waals surface area (Å²) in [6, 6.07) is 12.5. The molecule has 2 aromatic carbocycles. The third-order valence-corrected chi connectivity index (χ3v) is 3.56. The van der Waals surface area contributed by atoms with Gasteiger partial charge in [-0.2, -0.15) is 0 Å². The zero-order valence-electron chi connectivity index (χ0n) is 13.0. The first-order valence-electron chi connectivity index (χ1n) is 7.51. The maximum absolute atomic E-state index is 13.1. The summed E-state index contributed by atoms with van der Waals surface area (Å²) in [6.07, 6.45) is 0. The van der Waals surface area contributed by atoms with Crippen molar-refractivity contribution in [1.82, 2.24) is 9.55 Å². The fraction of sp³-hybridized carbons (Fsp3) is 0.167. The molecule has 0 N–H and O–H groups in total. The molecule has 0 saturated heterocycles. The van der Waals surface area contributed by atoms with Crippen LogP contribution in [0.25, 0.3) is 22.3 Å². The Balaban J connectivity index is 2.21.